The average molecular weight is 405 g/mol. The molecule has 4 aromatic rings. The van der Waals surface area contributed by atoms with E-state index >= 15 is 0 Å². The van der Waals surface area contributed by atoms with Crippen LogP contribution >= 0.6 is 0 Å². The summed E-state index contributed by atoms with van der Waals surface area (Å²) in [5, 5.41) is 2.42. The predicted octanol–water partition coefficient (Wildman–Crippen LogP) is 3.83. The Labute approximate surface area is 176 Å². The lowest BCUT2D eigenvalue weighted by Crippen LogP contribution is -2.31. The number of nitrogens with zero attached hydrogens (tertiary/aromatic N) is 3. The lowest BCUT2D eigenvalue weighted by atomic mass is 10.0. The van der Waals surface area contributed by atoms with E-state index in [2.05, 4.69) is 51.8 Å². The van der Waals surface area contributed by atoms with Crippen LogP contribution < -0.4 is 5.73 Å². The number of fused-ring (bicyclic) bond motifs is 2. The number of hydrogen-bond acceptors (Lipinski definition) is 5. The largest absolute Gasteiger partial charge is 0.398 e. The van der Waals surface area contributed by atoms with Crippen LogP contribution in [0.15, 0.2) is 60.8 Å². The van der Waals surface area contributed by atoms with Gasteiger partial charge in [0, 0.05) is 51.3 Å². The van der Waals surface area contributed by atoms with Crippen molar-refractivity contribution in [3.8, 4) is 11.3 Å². The number of imidazole rings is 1. The van der Waals surface area contributed by atoms with Gasteiger partial charge in [0.1, 0.15) is 5.65 Å². The molecule has 0 aliphatic heterocycles. The average Bonchev–Trinajstić information content (AvgIpc) is 3.12. The number of aromatic nitrogens is 2. The van der Waals surface area contributed by atoms with Gasteiger partial charge in [-0.1, -0.05) is 36.4 Å². The maximum Gasteiger partial charge on any atom is 0.137 e. The van der Waals surface area contributed by atoms with Crippen molar-refractivity contribution in [2.75, 3.05) is 46.3 Å². The molecule has 2 aromatic carbocycles. The van der Waals surface area contributed by atoms with E-state index in [0.29, 0.717) is 18.9 Å². The Morgan fingerprint density at radius 2 is 1.67 bits per heavy atom. The van der Waals surface area contributed by atoms with Gasteiger partial charge in [-0.05, 0) is 29.0 Å². The van der Waals surface area contributed by atoms with Crippen LogP contribution in [-0.2, 0) is 16.0 Å². The Hall–Kier alpha value is -2.93. The summed E-state index contributed by atoms with van der Waals surface area (Å²) in [6, 6.07) is 18.8. The van der Waals surface area contributed by atoms with Crippen LogP contribution in [0.4, 0.5) is 5.69 Å². The van der Waals surface area contributed by atoms with Crippen LogP contribution in [-0.4, -0.2) is 54.8 Å². The summed E-state index contributed by atoms with van der Waals surface area (Å²) in [6.45, 7) is 3.67. The minimum atomic E-state index is 0.661. The first-order chi connectivity index (χ1) is 14.7. The maximum atomic E-state index is 6.10. The van der Waals surface area contributed by atoms with Crippen molar-refractivity contribution in [1.82, 2.24) is 14.3 Å². The number of benzene rings is 2. The normalized spacial score (nSPS) is 11.7. The van der Waals surface area contributed by atoms with E-state index in [4.69, 9.17) is 20.2 Å². The van der Waals surface area contributed by atoms with E-state index in [1.807, 2.05) is 18.3 Å². The van der Waals surface area contributed by atoms with Gasteiger partial charge < -0.3 is 19.6 Å². The third-order valence-electron chi connectivity index (χ3n) is 5.36. The Kier molecular flexibility index (Phi) is 6.28. The molecule has 2 heterocycles. The van der Waals surface area contributed by atoms with Gasteiger partial charge in [-0.3, -0.25) is 4.90 Å². The highest BCUT2D eigenvalue weighted by Crippen LogP contribution is 2.29. The summed E-state index contributed by atoms with van der Waals surface area (Å²) in [7, 11) is 3.45. The van der Waals surface area contributed by atoms with Gasteiger partial charge in [-0.2, -0.15) is 0 Å². The van der Waals surface area contributed by atoms with Crippen LogP contribution in [0.1, 0.15) is 5.69 Å². The molecule has 0 unspecified atom stereocenters. The molecule has 2 N–H and O–H groups in total. The highest BCUT2D eigenvalue weighted by Gasteiger charge is 2.18. The van der Waals surface area contributed by atoms with Gasteiger partial charge in [0.05, 0.1) is 24.6 Å². The van der Waals surface area contributed by atoms with Crippen LogP contribution in [0.2, 0.25) is 0 Å². The molecule has 0 aliphatic rings. The van der Waals surface area contributed by atoms with Crippen molar-refractivity contribution in [3.63, 3.8) is 0 Å². The van der Waals surface area contributed by atoms with Gasteiger partial charge >= 0.3 is 0 Å². The molecule has 30 heavy (non-hydrogen) atoms. The van der Waals surface area contributed by atoms with E-state index in [1.54, 1.807) is 14.2 Å². The Balaban J connectivity index is 1.80. The molecule has 0 bridgehead atoms. The molecule has 4 rings (SSSR count). The van der Waals surface area contributed by atoms with Crippen molar-refractivity contribution >= 4 is 22.1 Å². The van der Waals surface area contributed by atoms with Crippen molar-refractivity contribution in [2.45, 2.75) is 6.54 Å². The summed E-state index contributed by atoms with van der Waals surface area (Å²) in [4.78, 5) is 7.29. The van der Waals surface area contributed by atoms with Crippen LogP contribution in [0.3, 0.4) is 0 Å². The van der Waals surface area contributed by atoms with Gasteiger partial charge in [0.2, 0.25) is 0 Å². The van der Waals surface area contributed by atoms with Crippen molar-refractivity contribution in [3.05, 3.63) is 66.5 Å². The summed E-state index contributed by atoms with van der Waals surface area (Å²) in [6.07, 6.45) is 1.95. The molecule has 156 valence electrons. The molecule has 0 atom stereocenters. The van der Waals surface area contributed by atoms with Crippen molar-refractivity contribution < 1.29 is 9.47 Å². The number of anilines is 1. The highest BCUT2D eigenvalue weighted by atomic mass is 16.5. The third kappa shape index (κ3) is 4.31. The molecule has 6 nitrogen and oxygen atoms in total. The standard InChI is InChI=1S/C24H28N4O2/c1-29-13-11-27(12-14-30-2)17-22-24(26-23-10-9-21(25)16-28(22)23)20-8-7-18-5-3-4-6-19(18)15-20/h3-10,15-16H,11-14,17,25H2,1-2H3. The second-order valence-corrected chi connectivity index (χ2v) is 7.42. The molecule has 0 saturated heterocycles. The molecule has 2 aromatic heterocycles. The Morgan fingerprint density at radius 1 is 0.933 bits per heavy atom. The van der Waals surface area contributed by atoms with Crippen molar-refractivity contribution in [2.24, 2.45) is 0 Å². The lowest BCUT2D eigenvalue weighted by molar-refractivity contribution is 0.109. The minimum Gasteiger partial charge on any atom is -0.398 e. The fraction of sp³-hybridized carbons (Fsp3) is 0.292. The number of rotatable bonds is 9. The molecule has 0 radical (unpaired) electrons. The fourth-order valence-corrected chi connectivity index (χ4v) is 3.75. The zero-order valence-electron chi connectivity index (χ0n) is 17.5. The molecule has 0 spiro atoms. The second kappa shape index (κ2) is 9.26. The quantitative estimate of drug-likeness (QED) is 0.459. The molecule has 0 saturated carbocycles. The minimum absolute atomic E-state index is 0.661. The molecule has 0 amide bonds. The second-order valence-electron chi connectivity index (χ2n) is 7.42. The Bertz CT molecular complexity index is 1130. The first kappa shape index (κ1) is 20.3. The Morgan fingerprint density at radius 3 is 2.40 bits per heavy atom. The van der Waals surface area contributed by atoms with Gasteiger partial charge in [0.15, 0.2) is 0 Å². The van der Waals surface area contributed by atoms with Gasteiger partial charge in [-0.25, -0.2) is 4.98 Å². The van der Waals surface area contributed by atoms with E-state index < -0.39 is 0 Å². The number of nitrogens with two attached hydrogens (primary N) is 1. The van der Waals surface area contributed by atoms with Crippen molar-refractivity contribution in [1.29, 1.82) is 0 Å². The zero-order chi connectivity index (χ0) is 20.9. The number of hydrogen-bond donors (Lipinski definition) is 1. The zero-order valence-corrected chi connectivity index (χ0v) is 17.5. The van der Waals surface area contributed by atoms with Gasteiger partial charge in [0.25, 0.3) is 0 Å². The monoisotopic (exact) mass is 404 g/mol. The maximum absolute atomic E-state index is 6.10. The summed E-state index contributed by atoms with van der Waals surface area (Å²) >= 11 is 0. The first-order valence-corrected chi connectivity index (χ1v) is 10.2. The van der Waals surface area contributed by atoms with Gasteiger partial charge in [-0.15, -0.1) is 0 Å². The van der Waals surface area contributed by atoms with Crippen LogP contribution in [0.5, 0.6) is 0 Å². The van der Waals surface area contributed by atoms with E-state index in [-0.39, 0.29) is 0 Å². The highest BCUT2D eigenvalue weighted by molar-refractivity contribution is 5.87. The molecular formula is C24H28N4O2. The molecular weight excluding hydrogens is 376 g/mol. The van der Waals surface area contributed by atoms with Crippen LogP contribution in [0, 0.1) is 0 Å². The number of methoxy groups -OCH3 is 2. The SMILES string of the molecule is COCCN(CCOC)Cc1c(-c2ccc3ccccc3c2)nc2ccc(N)cn12. The topological polar surface area (TPSA) is 65.0 Å². The fourth-order valence-electron chi connectivity index (χ4n) is 3.75. The van der Waals surface area contributed by atoms with E-state index in [1.165, 1.54) is 10.8 Å². The summed E-state index contributed by atoms with van der Waals surface area (Å²) in [5.74, 6) is 0. The molecule has 0 aliphatic carbocycles. The summed E-state index contributed by atoms with van der Waals surface area (Å²) in [5.41, 5.74) is 10.9. The number of ether oxygens (including phenoxy) is 2. The number of nitrogen functional groups attached to an aromatic ring is 1. The number of pyridine rings is 1. The molecule has 0 fully saturated rings. The smallest absolute Gasteiger partial charge is 0.137 e. The molecule has 6 heteroatoms. The third-order valence-corrected chi connectivity index (χ3v) is 5.36. The first-order valence-electron chi connectivity index (χ1n) is 10.2. The predicted molar refractivity (Wildman–Crippen MR) is 122 cm³/mol. The lowest BCUT2D eigenvalue weighted by Gasteiger charge is -2.22. The van der Waals surface area contributed by atoms with Crippen LogP contribution in [0.25, 0.3) is 27.7 Å². The van der Waals surface area contributed by atoms with E-state index in [0.717, 1.165) is 42.2 Å². The summed E-state index contributed by atoms with van der Waals surface area (Å²) < 4.78 is 12.7. The van der Waals surface area contributed by atoms with E-state index in [9.17, 15) is 0 Å².